The van der Waals surface area contributed by atoms with Crippen LogP contribution in [0.5, 0.6) is 0 Å². The van der Waals surface area contributed by atoms with Crippen LogP contribution in [0.25, 0.3) is 10.2 Å². The van der Waals surface area contributed by atoms with Gasteiger partial charge in [0.1, 0.15) is 6.29 Å². The molecule has 66 valence electrons. The van der Waals surface area contributed by atoms with Crippen molar-refractivity contribution in [1.29, 1.82) is 0 Å². The maximum Gasteiger partial charge on any atom is 0.124 e. The average Bonchev–Trinajstić information content (AvgIpc) is 2.52. The third-order valence-electron chi connectivity index (χ3n) is 1.80. The molecule has 1 aromatic heterocycles. The molecular weight excluding hydrogens is 206 g/mol. The summed E-state index contributed by atoms with van der Waals surface area (Å²) >= 11 is 7.50. The molecule has 2 nitrogen and oxygen atoms in total. The molecular formula is C9H6ClNOS. The van der Waals surface area contributed by atoms with E-state index in [1.165, 1.54) is 0 Å². The molecule has 0 aliphatic rings. The number of fused-ring (bicyclic) bond motifs is 1. The average molecular weight is 212 g/mol. The van der Waals surface area contributed by atoms with Crippen LogP contribution in [-0.2, 0) is 11.2 Å². The van der Waals surface area contributed by atoms with Crippen molar-refractivity contribution in [2.24, 2.45) is 0 Å². The van der Waals surface area contributed by atoms with E-state index < -0.39 is 0 Å². The second-order valence-electron chi connectivity index (χ2n) is 2.63. The second-order valence-corrected chi connectivity index (χ2v) is 3.93. The van der Waals surface area contributed by atoms with Crippen LogP contribution in [0.4, 0.5) is 0 Å². The highest BCUT2D eigenvalue weighted by molar-refractivity contribution is 7.16. The van der Waals surface area contributed by atoms with Crippen LogP contribution in [-0.4, -0.2) is 11.3 Å². The molecule has 0 radical (unpaired) electrons. The summed E-state index contributed by atoms with van der Waals surface area (Å²) in [6.07, 6.45) is 1.20. The fourth-order valence-electron chi connectivity index (χ4n) is 1.17. The SMILES string of the molecule is O=CCc1cc2ncsc2cc1Cl. The summed E-state index contributed by atoms with van der Waals surface area (Å²) in [5.74, 6) is 0. The number of nitrogens with zero attached hydrogens (tertiary/aromatic N) is 1. The summed E-state index contributed by atoms with van der Waals surface area (Å²) in [6, 6.07) is 3.72. The van der Waals surface area contributed by atoms with Gasteiger partial charge in [0.05, 0.1) is 15.7 Å². The van der Waals surface area contributed by atoms with Crippen molar-refractivity contribution in [1.82, 2.24) is 4.98 Å². The van der Waals surface area contributed by atoms with Gasteiger partial charge < -0.3 is 4.79 Å². The highest BCUT2D eigenvalue weighted by Gasteiger charge is 2.04. The van der Waals surface area contributed by atoms with Crippen molar-refractivity contribution in [2.45, 2.75) is 6.42 Å². The number of hydrogen-bond donors (Lipinski definition) is 0. The van der Waals surface area contributed by atoms with Gasteiger partial charge >= 0.3 is 0 Å². The molecule has 1 heterocycles. The van der Waals surface area contributed by atoms with Gasteiger partial charge in [0.15, 0.2) is 0 Å². The highest BCUT2D eigenvalue weighted by Crippen LogP contribution is 2.25. The first kappa shape index (κ1) is 8.66. The van der Waals surface area contributed by atoms with Crippen molar-refractivity contribution in [3.8, 4) is 0 Å². The second kappa shape index (κ2) is 3.44. The van der Waals surface area contributed by atoms with Crippen molar-refractivity contribution >= 4 is 39.4 Å². The predicted octanol–water partition coefficient (Wildman–Crippen LogP) is 2.69. The lowest BCUT2D eigenvalue weighted by Gasteiger charge is -1.98. The van der Waals surface area contributed by atoms with Crippen LogP contribution < -0.4 is 0 Å². The molecule has 0 saturated heterocycles. The molecule has 0 aliphatic heterocycles. The molecule has 0 aliphatic carbocycles. The quantitative estimate of drug-likeness (QED) is 0.715. The summed E-state index contributed by atoms with van der Waals surface area (Å²) in [7, 11) is 0. The number of thiazole rings is 1. The van der Waals surface area contributed by atoms with E-state index >= 15 is 0 Å². The van der Waals surface area contributed by atoms with Gasteiger partial charge in [0.2, 0.25) is 0 Å². The summed E-state index contributed by atoms with van der Waals surface area (Å²) in [4.78, 5) is 14.5. The molecule has 13 heavy (non-hydrogen) atoms. The van der Waals surface area contributed by atoms with Crippen LogP contribution in [0.15, 0.2) is 17.6 Å². The van der Waals surface area contributed by atoms with Gasteiger partial charge in [-0.3, -0.25) is 0 Å². The van der Waals surface area contributed by atoms with Crippen LogP contribution in [0.3, 0.4) is 0 Å². The van der Waals surface area contributed by atoms with Gasteiger partial charge in [-0.2, -0.15) is 0 Å². The molecule has 2 aromatic rings. The van der Waals surface area contributed by atoms with Crippen molar-refractivity contribution in [2.75, 3.05) is 0 Å². The molecule has 4 heteroatoms. The Hall–Kier alpha value is -0.930. The Morgan fingerprint density at radius 2 is 2.38 bits per heavy atom. The Bertz CT molecular complexity index is 452. The standard InChI is InChI=1S/C9H6ClNOS/c10-7-4-9-8(11-5-13-9)3-6(7)1-2-12/h2-5H,1H2. The molecule has 0 saturated carbocycles. The van der Waals surface area contributed by atoms with E-state index in [9.17, 15) is 4.79 Å². The number of aromatic nitrogens is 1. The van der Waals surface area contributed by atoms with E-state index in [2.05, 4.69) is 4.98 Å². The monoisotopic (exact) mass is 211 g/mol. The normalized spacial score (nSPS) is 10.5. The Morgan fingerprint density at radius 1 is 1.54 bits per heavy atom. The Kier molecular flexibility index (Phi) is 2.29. The first-order chi connectivity index (χ1) is 6.31. The summed E-state index contributed by atoms with van der Waals surface area (Å²) in [5, 5.41) is 0.642. The summed E-state index contributed by atoms with van der Waals surface area (Å²) in [5.41, 5.74) is 3.52. The van der Waals surface area contributed by atoms with Crippen LogP contribution in [0.1, 0.15) is 5.56 Å². The molecule has 0 atom stereocenters. The number of rotatable bonds is 2. The zero-order chi connectivity index (χ0) is 9.26. The zero-order valence-electron chi connectivity index (χ0n) is 6.66. The van der Waals surface area contributed by atoms with E-state index in [4.69, 9.17) is 11.6 Å². The first-order valence-electron chi connectivity index (χ1n) is 3.76. The molecule has 0 fully saturated rings. The fraction of sp³-hybridized carbons (Fsp3) is 0.111. The molecule has 0 spiro atoms. The predicted molar refractivity (Wildman–Crippen MR) is 54.4 cm³/mol. The largest absolute Gasteiger partial charge is 0.303 e. The van der Waals surface area contributed by atoms with Gasteiger partial charge in [-0.15, -0.1) is 11.3 Å². The van der Waals surface area contributed by atoms with Gasteiger partial charge in [-0.05, 0) is 17.7 Å². The van der Waals surface area contributed by atoms with Crippen LogP contribution >= 0.6 is 22.9 Å². The molecule has 0 unspecified atom stereocenters. The number of benzene rings is 1. The number of hydrogen-bond acceptors (Lipinski definition) is 3. The van der Waals surface area contributed by atoms with E-state index in [1.807, 2.05) is 12.1 Å². The minimum atomic E-state index is 0.353. The summed E-state index contributed by atoms with van der Waals surface area (Å²) < 4.78 is 1.06. The lowest BCUT2D eigenvalue weighted by molar-refractivity contribution is -0.107. The van der Waals surface area contributed by atoms with Crippen molar-refractivity contribution in [3.05, 3.63) is 28.2 Å². The number of halogens is 1. The van der Waals surface area contributed by atoms with E-state index in [1.54, 1.807) is 16.8 Å². The fourth-order valence-corrected chi connectivity index (χ4v) is 2.17. The smallest absolute Gasteiger partial charge is 0.124 e. The van der Waals surface area contributed by atoms with Gasteiger partial charge in [-0.25, -0.2) is 4.98 Å². The minimum Gasteiger partial charge on any atom is -0.303 e. The Morgan fingerprint density at radius 3 is 3.15 bits per heavy atom. The maximum absolute atomic E-state index is 10.3. The van der Waals surface area contributed by atoms with Gasteiger partial charge in [0.25, 0.3) is 0 Å². The maximum atomic E-state index is 10.3. The molecule has 2 rings (SSSR count). The third kappa shape index (κ3) is 1.57. The van der Waals surface area contributed by atoms with E-state index in [0.717, 1.165) is 22.1 Å². The lowest BCUT2D eigenvalue weighted by atomic mass is 10.1. The summed E-state index contributed by atoms with van der Waals surface area (Å²) in [6.45, 7) is 0. The third-order valence-corrected chi connectivity index (χ3v) is 2.95. The molecule has 1 aromatic carbocycles. The van der Waals surface area contributed by atoms with Crippen LogP contribution in [0.2, 0.25) is 5.02 Å². The Labute approximate surface area is 84.2 Å². The number of carbonyl (C=O) groups excluding carboxylic acids is 1. The highest BCUT2D eigenvalue weighted by atomic mass is 35.5. The van der Waals surface area contributed by atoms with Crippen molar-refractivity contribution in [3.63, 3.8) is 0 Å². The molecule has 0 bridgehead atoms. The topological polar surface area (TPSA) is 30.0 Å². The van der Waals surface area contributed by atoms with Crippen LogP contribution in [0, 0.1) is 0 Å². The van der Waals surface area contributed by atoms with E-state index in [-0.39, 0.29) is 0 Å². The number of carbonyl (C=O) groups is 1. The molecule has 0 N–H and O–H groups in total. The minimum absolute atomic E-state index is 0.353. The van der Waals surface area contributed by atoms with Gasteiger partial charge in [0, 0.05) is 11.4 Å². The lowest BCUT2D eigenvalue weighted by Crippen LogP contribution is -1.86. The molecule has 0 amide bonds. The number of aldehydes is 1. The van der Waals surface area contributed by atoms with E-state index in [0.29, 0.717) is 11.4 Å². The zero-order valence-corrected chi connectivity index (χ0v) is 8.23. The first-order valence-corrected chi connectivity index (χ1v) is 5.02. The van der Waals surface area contributed by atoms with Crippen molar-refractivity contribution < 1.29 is 4.79 Å². The Balaban J connectivity index is 2.62. The van der Waals surface area contributed by atoms with Gasteiger partial charge in [-0.1, -0.05) is 11.6 Å².